The van der Waals surface area contributed by atoms with Gasteiger partial charge in [-0.05, 0) is 33.0 Å². The van der Waals surface area contributed by atoms with Crippen LogP contribution < -0.4 is 4.74 Å². The van der Waals surface area contributed by atoms with Crippen LogP contribution in [0.2, 0.25) is 0 Å². The maximum Gasteiger partial charge on any atom is 0.144 e. The minimum Gasteiger partial charge on any atom is -0.489 e. The lowest BCUT2D eigenvalue weighted by Gasteiger charge is -2.09. The summed E-state index contributed by atoms with van der Waals surface area (Å²) in [7, 11) is 0. The Bertz CT molecular complexity index is 571. The molecule has 0 bridgehead atoms. The van der Waals surface area contributed by atoms with E-state index in [1.54, 1.807) is 0 Å². The molecule has 1 nitrogen and oxygen atoms in total. The summed E-state index contributed by atoms with van der Waals surface area (Å²) < 4.78 is 31.9. The Kier molecular flexibility index (Phi) is 4.76. The van der Waals surface area contributed by atoms with Crippen LogP contribution in [-0.2, 0) is 6.61 Å². The molecule has 20 heavy (non-hydrogen) atoms. The van der Waals surface area contributed by atoms with Crippen LogP contribution in [0.3, 0.4) is 0 Å². The van der Waals surface area contributed by atoms with E-state index in [0.29, 0.717) is 5.92 Å². The Labute approximate surface area is 125 Å². The molecule has 0 aliphatic heterocycles. The Morgan fingerprint density at radius 2 is 1.60 bits per heavy atom. The molecule has 2 rings (SSSR count). The smallest absolute Gasteiger partial charge is 0.144 e. The van der Waals surface area contributed by atoms with Crippen LogP contribution in [0.5, 0.6) is 5.75 Å². The first-order valence-electron chi connectivity index (χ1n) is 6.33. The molecule has 0 heterocycles. The van der Waals surface area contributed by atoms with Crippen LogP contribution in [0.25, 0.3) is 0 Å². The summed E-state index contributed by atoms with van der Waals surface area (Å²) >= 11 is 2.83. The van der Waals surface area contributed by atoms with Gasteiger partial charge in [-0.2, -0.15) is 0 Å². The molecule has 2 aromatic rings. The number of hydrogen-bond donors (Lipinski definition) is 0. The number of benzene rings is 2. The van der Waals surface area contributed by atoms with E-state index in [9.17, 15) is 8.78 Å². The van der Waals surface area contributed by atoms with Crippen LogP contribution in [-0.4, -0.2) is 0 Å². The van der Waals surface area contributed by atoms with Crippen LogP contribution >= 0.6 is 15.9 Å². The van der Waals surface area contributed by atoms with Crippen molar-refractivity contribution in [1.82, 2.24) is 0 Å². The molecule has 0 aliphatic carbocycles. The maximum absolute atomic E-state index is 13.3. The van der Waals surface area contributed by atoms with Crippen molar-refractivity contribution in [3.63, 3.8) is 0 Å². The fourth-order valence-electron chi connectivity index (χ4n) is 1.78. The van der Waals surface area contributed by atoms with E-state index in [-0.39, 0.29) is 16.8 Å². The zero-order valence-corrected chi connectivity index (χ0v) is 12.9. The van der Waals surface area contributed by atoms with Gasteiger partial charge in [0.2, 0.25) is 0 Å². The van der Waals surface area contributed by atoms with Crippen molar-refractivity contribution in [2.24, 2.45) is 0 Å². The first kappa shape index (κ1) is 15.0. The zero-order valence-electron chi connectivity index (χ0n) is 11.3. The predicted octanol–water partition coefficient (Wildman–Crippen LogP) is 5.43. The topological polar surface area (TPSA) is 9.23 Å². The van der Waals surface area contributed by atoms with E-state index in [0.717, 1.165) is 17.7 Å². The highest BCUT2D eigenvalue weighted by Crippen LogP contribution is 2.25. The molecule has 0 amide bonds. The fraction of sp³-hybridized carbons (Fsp3) is 0.250. The van der Waals surface area contributed by atoms with Gasteiger partial charge in [0.25, 0.3) is 0 Å². The molecule has 0 N–H and O–H groups in total. The zero-order chi connectivity index (χ0) is 14.7. The van der Waals surface area contributed by atoms with Crippen molar-refractivity contribution in [1.29, 1.82) is 0 Å². The Morgan fingerprint density at radius 1 is 1.05 bits per heavy atom. The van der Waals surface area contributed by atoms with E-state index >= 15 is 0 Å². The summed E-state index contributed by atoms with van der Waals surface area (Å²) in [4.78, 5) is 0. The van der Waals surface area contributed by atoms with Crippen LogP contribution in [0.4, 0.5) is 8.78 Å². The van der Waals surface area contributed by atoms with Gasteiger partial charge in [0.15, 0.2) is 0 Å². The molecule has 0 aromatic heterocycles. The van der Waals surface area contributed by atoms with Crippen molar-refractivity contribution in [2.75, 3.05) is 0 Å². The predicted molar refractivity (Wildman–Crippen MR) is 78.9 cm³/mol. The van der Waals surface area contributed by atoms with Gasteiger partial charge in [0.05, 0.1) is 4.47 Å². The van der Waals surface area contributed by atoms with E-state index in [1.807, 2.05) is 24.3 Å². The highest BCUT2D eigenvalue weighted by Gasteiger charge is 2.09. The lowest BCUT2D eigenvalue weighted by Crippen LogP contribution is -1.98. The van der Waals surface area contributed by atoms with Crippen molar-refractivity contribution in [3.8, 4) is 5.75 Å². The Morgan fingerprint density at radius 3 is 2.10 bits per heavy atom. The van der Waals surface area contributed by atoms with Crippen LogP contribution in [0, 0.1) is 11.6 Å². The van der Waals surface area contributed by atoms with Gasteiger partial charge in [-0.3, -0.25) is 0 Å². The molecule has 0 aliphatic rings. The molecule has 0 atom stereocenters. The summed E-state index contributed by atoms with van der Waals surface area (Å²) in [5.41, 5.74) is 2.20. The maximum atomic E-state index is 13.3. The highest BCUT2D eigenvalue weighted by atomic mass is 79.9. The fourth-order valence-corrected chi connectivity index (χ4v) is 2.01. The van der Waals surface area contributed by atoms with Gasteiger partial charge in [-0.15, -0.1) is 0 Å². The van der Waals surface area contributed by atoms with E-state index in [4.69, 9.17) is 4.74 Å². The average molecular weight is 341 g/mol. The van der Waals surface area contributed by atoms with Gasteiger partial charge < -0.3 is 4.74 Å². The lowest BCUT2D eigenvalue weighted by atomic mass is 10.0. The third-order valence-corrected chi connectivity index (χ3v) is 3.77. The van der Waals surface area contributed by atoms with Crippen LogP contribution in [0.15, 0.2) is 40.9 Å². The Hall–Kier alpha value is -1.42. The molecule has 4 heteroatoms. The SMILES string of the molecule is CC(C)c1ccc(COc2cc(F)c(Br)c(F)c2)cc1. The summed E-state index contributed by atoms with van der Waals surface area (Å²) in [6, 6.07) is 10.3. The molecule has 2 aromatic carbocycles. The summed E-state index contributed by atoms with van der Waals surface area (Å²) in [6.07, 6.45) is 0. The standard InChI is InChI=1S/C16H15BrF2O/c1-10(2)12-5-3-11(4-6-12)9-20-13-7-14(18)16(17)15(19)8-13/h3-8,10H,9H2,1-2H3. The summed E-state index contributed by atoms with van der Waals surface area (Å²) in [5, 5.41) is 0. The largest absolute Gasteiger partial charge is 0.489 e. The minimum absolute atomic E-state index is 0.175. The molecule has 0 unspecified atom stereocenters. The first-order valence-corrected chi connectivity index (χ1v) is 7.13. The number of halogens is 3. The minimum atomic E-state index is -0.671. The second-order valence-electron chi connectivity index (χ2n) is 4.89. The molecular formula is C16H15BrF2O. The second-order valence-corrected chi connectivity index (χ2v) is 5.68. The number of ether oxygens (including phenoxy) is 1. The summed E-state index contributed by atoms with van der Waals surface area (Å²) in [5.74, 6) is -0.693. The monoisotopic (exact) mass is 340 g/mol. The molecule has 0 saturated heterocycles. The molecule has 106 valence electrons. The highest BCUT2D eigenvalue weighted by molar-refractivity contribution is 9.10. The van der Waals surface area contributed by atoms with E-state index < -0.39 is 11.6 Å². The first-order chi connectivity index (χ1) is 9.47. The van der Waals surface area contributed by atoms with Gasteiger partial charge in [-0.25, -0.2) is 8.78 Å². The third-order valence-electron chi connectivity index (χ3n) is 3.01. The van der Waals surface area contributed by atoms with Crippen molar-refractivity contribution < 1.29 is 13.5 Å². The van der Waals surface area contributed by atoms with Gasteiger partial charge in [0.1, 0.15) is 24.0 Å². The number of hydrogen-bond acceptors (Lipinski definition) is 1. The van der Waals surface area contributed by atoms with Crippen molar-refractivity contribution in [3.05, 3.63) is 63.6 Å². The molecule has 0 radical (unpaired) electrons. The summed E-state index contributed by atoms with van der Waals surface area (Å²) in [6.45, 7) is 4.52. The van der Waals surface area contributed by atoms with E-state index in [2.05, 4.69) is 29.8 Å². The van der Waals surface area contributed by atoms with Crippen LogP contribution in [0.1, 0.15) is 30.9 Å². The van der Waals surface area contributed by atoms with Crippen molar-refractivity contribution >= 4 is 15.9 Å². The van der Waals surface area contributed by atoms with E-state index in [1.165, 1.54) is 5.56 Å². The molecule has 0 fully saturated rings. The molecule has 0 spiro atoms. The Balaban J connectivity index is 2.05. The molecular weight excluding hydrogens is 326 g/mol. The second kappa shape index (κ2) is 6.35. The van der Waals surface area contributed by atoms with Crippen molar-refractivity contribution in [2.45, 2.75) is 26.4 Å². The lowest BCUT2D eigenvalue weighted by molar-refractivity contribution is 0.302. The normalized spacial score (nSPS) is 10.9. The third kappa shape index (κ3) is 3.57. The molecule has 0 saturated carbocycles. The number of rotatable bonds is 4. The van der Waals surface area contributed by atoms with Gasteiger partial charge in [-0.1, -0.05) is 38.1 Å². The van der Waals surface area contributed by atoms with Gasteiger partial charge >= 0.3 is 0 Å². The van der Waals surface area contributed by atoms with Gasteiger partial charge in [0, 0.05) is 12.1 Å². The average Bonchev–Trinajstić information content (AvgIpc) is 2.42. The quantitative estimate of drug-likeness (QED) is 0.674.